The van der Waals surface area contributed by atoms with Gasteiger partial charge < -0.3 is 10.6 Å². The smallest absolute Gasteiger partial charge is 0.381 e. The van der Waals surface area contributed by atoms with Crippen molar-refractivity contribution in [3.8, 4) is 0 Å². The SMILES string of the molecule is CCc1ccccc1NCc1cccc(C(=O)Nc2ccc(Cl)cc2C(F)(F)F)c1. The van der Waals surface area contributed by atoms with Gasteiger partial charge in [0, 0.05) is 22.8 Å². The molecule has 0 atom stereocenters. The van der Waals surface area contributed by atoms with Crippen molar-refractivity contribution in [3.63, 3.8) is 0 Å². The summed E-state index contributed by atoms with van der Waals surface area (Å²) in [4.78, 5) is 12.6. The second-order valence-electron chi connectivity index (χ2n) is 6.71. The molecule has 0 radical (unpaired) electrons. The van der Waals surface area contributed by atoms with E-state index in [4.69, 9.17) is 11.6 Å². The molecule has 0 spiro atoms. The zero-order valence-electron chi connectivity index (χ0n) is 16.2. The molecule has 0 fully saturated rings. The highest BCUT2D eigenvalue weighted by molar-refractivity contribution is 6.30. The first-order valence-electron chi connectivity index (χ1n) is 9.36. The molecule has 3 nitrogen and oxygen atoms in total. The monoisotopic (exact) mass is 432 g/mol. The Morgan fingerprint density at radius 3 is 2.47 bits per heavy atom. The van der Waals surface area contributed by atoms with Crippen molar-refractivity contribution >= 4 is 28.9 Å². The molecule has 156 valence electrons. The average molecular weight is 433 g/mol. The van der Waals surface area contributed by atoms with Crippen LogP contribution in [0, 0.1) is 0 Å². The topological polar surface area (TPSA) is 41.1 Å². The van der Waals surface area contributed by atoms with Gasteiger partial charge >= 0.3 is 6.18 Å². The number of hydrogen-bond acceptors (Lipinski definition) is 2. The maximum absolute atomic E-state index is 13.3. The first kappa shape index (κ1) is 21.7. The van der Waals surface area contributed by atoms with E-state index in [1.807, 2.05) is 30.3 Å². The maximum atomic E-state index is 13.3. The number of hydrogen-bond donors (Lipinski definition) is 2. The van der Waals surface area contributed by atoms with Crippen LogP contribution in [-0.4, -0.2) is 5.91 Å². The molecule has 0 heterocycles. The summed E-state index contributed by atoms with van der Waals surface area (Å²) in [5.74, 6) is -0.626. The van der Waals surface area contributed by atoms with Gasteiger partial charge in [0.15, 0.2) is 0 Å². The van der Waals surface area contributed by atoms with Gasteiger partial charge in [0.05, 0.1) is 11.3 Å². The predicted molar refractivity (Wildman–Crippen MR) is 114 cm³/mol. The van der Waals surface area contributed by atoms with E-state index in [-0.39, 0.29) is 16.3 Å². The van der Waals surface area contributed by atoms with E-state index in [9.17, 15) is 18.0 Å². The van der Waals surface area contributed by atoms with Crippen molar-refractivity contribution in [3.05, 3.63) is 94.0 Å². The molecule has 0 saturated carbocycles. The number of halogens is 4. The van der Waals surface area contributed by atoms with Gasteiger partial charge in [-0.15, -0.1) is 0 Å². The number of rotatable bonds is 6. The number of benzene rings is 3. The maximum Gasteiger partial charge on any atom is 0.418 e. The van der Waals surface area contributed by atoms with E-state index in [1.54, 1.807) is 18.2 Å². The van der Waals surface area contributed by atoms with Crippen LogP contribution in [0.25, 0.3) is 0 Å². The fraction of sp³-hybridized carbons (Fsp3) is 0.174. The first-order valence-corrected chi connectivity index (χ1v) is 9.74. The lowest BCUT2D eigenvalue weighted by Gasteiger charge is -2.15. The molecule has 2 N–H and O–H groups in total. The Morgan fingerprint density at radius 1 is 0.967 bits per heavy atom. The lowest BCUT2D eigenvalue weighted by atomic mass is 10.1. The van der Waals surface area contributed by atoms with Crippen LogP contribution in [0.3, 0.4) is 0 Å². The highest BCUT2D eigenvalue weighted by atomic mass is 35.5. The van der Waals surface area contributed by atoms with Crippen molar-refractivity contribution in [1.29, 1.82) is 0 Å². The zero-order chi connectivity index (χ0) is 21.7. The minimum atomic E-state index is -4.63. The summed E-state index contributed by atoms with van der Waals surface area (Å²) >= 11 is 5.68. The summed E-state index contributed by atoms with van der Waals surface area (Å²) in [6, 6.07) is 17.9. The third-order valence-electron chi connectivity index (χ3n) is 4.61. The fourth-order valence-corrected chi connectivity index (χ4v) is 3.25. The summed E-state index contributed by atoms with van der Waals surface area (Å²) in [6.45, 7) is 2.55. The van der Waals surface area contributed by atoms with E-state index in [1.165, 1.54) is 11.6 Å². The van der Waals surface area contributed by atoms with E-state index in [0.717, 1.165) is 29.8 Å². The molecule has 30 heavy (non-hydrogen) atoms. The average Bonchev–Trinajstić information content (AvgIpc) is 2.73. The van der Waals surface area contributed by atoms with Crippen LogP contribution in [0.1, 0.15) is 34.0 Å². The van der Waals surface area contributed by atoms with E-state index in [2.05, 4.69) is 17.6 Å². The van der Waals surface area contributed by atoms with Gasteiger partial charge in [-0.25, -0.2) is 0 Å². The molecule has 0 unspecified atom stereocenters. The van der Waals surface area contributed by atoms with Crippen LogP contribution >= 0.6 is 11.6 Å². The fourth-order valence-electron chi connectivity index (χ4n) is 3.08. The molecule has 0 aliphatic heterocycles. The largest absolute Gasteiger partial charge is 0.418 e. The molecule has 7 heteroatoms. The third-order valence-corrected chi connectivity index (χ3v) is 4.84. The van der Waals surface area contributed by atoms with E-state index in [0.29, 0.717) is 6.54 Å². The first-order chi connectivity index (χ1) is 14.3. The van der Waals surface area contributed by atoms with Gasteiger partial charge in [0.25, 0.3) is 5.91 Å². The molecule has 3 aromatic carbocycles. The number of carbonyl (C=O) groups excluding carboxylic acids is 1. The Labute approximate surface area is 177 Å². The molecule has 0 aliphatic carbocycles. The minimum Gasteiger partial charge on any atom is -0.381 e. The predicted octanol–water partition coefficient (Wildman–Crippen LogP) is 6.79. The quantitative estimate of drug-likeness (QED) is 0.450. The van der Waals surface area contributed by atoms with Crippen molar-refractivity contribution in [1.82, 2.24) is 0 Å². The molecule has 0 aliphatic rings. The second kappa shape index (κ2) is 9.22. The molecule has 0 saturated heterocycles. The standard InChI is InChI=1S/C23H20ClF3N2O/c1-2-16-7-3-4-9-20(16)28-14-15-6-5-8-17(12-15)22(30)29-21-11-10-18(24)13-19(21)23(25,26)27/h3-13,28H,2,14H2,1H3,(H,29,30). The Morgan fingerprint density at radius 2 is 1.73 bits per heavy atom. The van der Waals surface area contributed by atoms with Gasteiger partial charge in [0.1, 0.15) is 0 Å². The molecule has 3 aromatic rings. The van der Waals surface area contributed by atoms with Crippen molar-refractivity contribution < 1.29 is 18.0 Å². The lowest BCUT2D eigenvalue weighted by molar-refractivity contribution is -0.136. The molecule has 0 bridgehead atoms. The summed E-state index contributed by atoms with van der Waals surface area (Å²) in [7, 11) is 0. The third kappa shape index (κ3) is 5.33. The highest BCUT2D eigenvalue weighted by Crippen LogP contribution is 2.36. The Hall–Kier alpha value is -2.99. The Bertz CT molecular complexity index is 1050. The summed E-state index contributed by atoms with van der Waals surface area (Å²) in [6.07, 6.45) is -3.75. The zero-order valence-corrected chi connectivity index (χ0v) is 16.9. The van der Waals surface area contributed by atoms with Crippen LogP contribution in [0.4, 0.5) is 24.5 Å². The minimum absolute atomic E-state index is 0.0549. The molecule has 3 rings (SSSR count). The highest BCUT2D eigenvalue weighted by Gasteiger charge is 2.34. The number of aryl methyl sites for hydroxylation is 1. The van der Waals surface area contributed by atoms with Gasteiger partial charge in [0.2, 0.25) is 0 Å². The van der Waals surface area contributed by atoms with Crippen LogP contribution in [0.2, 0.25) is 5.02 Å². The Kier molecular flexibility index (Phi) is 6.67. The summed E-state index contributed by atoms with van der Waals surface area (Å²) in [5.41, 5.74) is 1.95. The number of carbonyl (C=O) groups is 1. The van der Waals surface area contributed by atoms with Gasteiger partial charge in [-0.2, -0.15) is 13.2 Å². The molecule has 1 amide bonds. The molecular formula is C23H20ClF3N2O. The Balaban J connectivity index is 1.76. The molecular weight excluding hydrogens is 413 g/mol. The van der Waals surface area contributed by atoms with Crippen LogP contribution in [0.5, 0.6) is 0 Å². The molecule has 0 aromatic heterocycles. The lowest BCUT2D eigenvalue weighted by Crippen LogP contribution is -2.17. The number of anilines is 2. The van der Waals surface area contributed by atoms with Crippen LogP contribution in [-0.2, 0) is 19.1 Å². The number of amides is 1. The summed E-state index contributed by atoms with van der Waals surface area (Å²) in [5, 5.41) is 5.62. The van der Waals surface area contributed by atoms with Crippen LogP contribution in [0.15, 0.2) is 66.7 Å². The van der Waals surface area contributed by atoms with Crippen molar-refractivity contribution in [2.45, 2.75) is 26.1 Å². The summed E-state index contributed by atoms with van der Waals surface area (Å²) < 4.78 is 39.8. The van der Waals surface area contributed by atoms with Crippen molar-refractivity contribution in [2.24, 2.45) is 0 Å². The van der Waals surface area contributed by atoms with Crippen LogP contribution < -0.4 is 10.6 Å². The normalized spacial score (nSPS) is 11.2. The number of nitrogens with one attached hydrogen (secondary N) is 2. The van der Waals surface area contributed by atoms with E-state index >= 15 is 0 Å². The van der Waals surface area contributed by atoms with Gasteiger partial charge in [-0.05, 0) is 53.9 Å². The van der Waals surface area contributed by atoms with E-state index < -0.39 is 17.6 Å². The second-order valence-corrected chi connectivity index (χ2v) is 7.14. The number of para-hydroxylation sites is 1. The van der Waals surface area contributed by atoms with Crippen molar-refractivity contribution in [2.75, 3.05) is 10.6 Å². The van der Waals surface area contributed by atoms with Gasteiger partial charge in [-0.1, -0.05) is 48.9 Å². The number of alkyl halides is 3. The van der Waals surface area contributed by atoms with Gasteiger partial charge in [-0.3, -0.25) is 4.79 Å².